The number of fused-ring (bicyclic) bond motifs is 2. The summed E-state index contributed by atoms with van der Waals surface area (Å²) in [5, 5.41) is 3.31. The number of nitrogen functional groups attached to an aromatic ring is 1. The van der Waals surface area contributed by atoms with Crippen molar-refractivity contribution in [2.75, 3.05) is 5.73 Å². The molecule has 0 radical (unpaired) electrons. The zero-order valence-electron chi connectivity index (χ0n) is 15.7. The summed E-state index contributed by atoms with van der Waals surface area (Å²) in [6.45, 7) is 0. The lowest BCUT2D eigenvalue weighted by molar-refractivity contribution is 0.0928. The maximum atomic E-state index is 12.8. The SMILES string of the molecule is Cn1c(=O)c2ccc(C(=O)NC3CCCc4cc(N)ccc43)nc2n(C)c1=O. The van der Waals surface area contributed by atoms with Crippen molar-refractivity contribution in [3.63, 3.8) is 0 Å². The van der Waals surface area contributed by atoms with E-state index in [4.69, 9.17) is 5.73 Å². The van der Waals surface area contributed by atoms with Gasteiger partial charge in [-0.15, -0.1) is 0 Å². The van der Waals surface area contributed by atoms with Crippen LogP contribution >= 0.6 is 0 Å². The lowest BCUT2D eigenvalue weighted by atomic mass is 9.87. The number of nitrogens with one attached hydrogen (secondary N) is 1. The molecule has 8 nitrogen and oxygen atoms in total. The number of benzene rings is 1. The number of hydrogen-bond acceptors (Lipinski definition) is 5. The molecule has 28 heavy (non-hydrogen) atoms. The summed E-state index contributed by atoms with van der Waals surface area (Å²) < 4.78 is 2.29. The second-order valence-corrected chi connectivity index (χ2v) is 7.15. The molecule has 1 aliphatic carbocycles. The number of aryl methyl sites for hydroxylation is 2. The Balaban J connectivity index is 1.69. The maximum absolute atomic E-state index is 12.8. The van der Waals surface area contributed by atoms with Gasteiger partial charge in [0.25, 0.3) is 11.5 Å². The van der Waals surface area contributed by atoms with Crippen molar-refractivity contribution < 1.29 is 4.79 Å². The first-order valence-electron chi connectivity index (χ1n) is 9.12. The van der Waals surface area contributed by atoms with E-state index in [0.29, 0.717) is 11.1 Å². The van der Waals surface area contributed by atoms with Gasteiger partial charge in [-0.05, 0) is 54.7 Å². The van der Waals surface area contributed by atoms with Crippen LogP contribution in [0.3, 0.4) is 0 Å². The highest BCUT2D eigenvalue weighted by Gasteiger charge is 2.23. The van der Waals surface area contributed by atoms with Crippen molar-refractivity contribution in [1.82, 2.24) is 19.4 Å². The van der Waals surface area contributed by atoms with Gasteiger partial charge in [-0.1, -0.05) is 6.07 Å². The lowest BCUT2D eigenvalue weighted by Gasteiger charge is -2.26. The van der Waals surface area contributed by atoms with Gasteiger partial charge >= 0.3 is 5.69 Å². The first kappa shape index (κ1) is 18.0. The standard InChI is InChI=1S/C20H21N5O3/c1-24-17-14(19(27)25(2)20(24)28)8-9-16(22-17)18(26)23-15-5-3-4-11-10-12(21)6-7-13(11)15/h6-10,15H,3-5,21H2,1-2H3,(H,23,26). The summed E-state index contributed by atoms with van der Waals surface area (Å²) in [5.41, 5.74) is 8.23. The Morgan fingerprint density at radius 1 is 1.18 bits per heavy atom. The summed E-state index contributed by atoms with van der Waals surface area (Å²) in [6, 6.07) is 8.67. The van der Waals surface area contributed by atoms with Gasteiger partial charge in [-0.25, -0.2) is 9.78 Å². The third-order valence-corrected chi connectivity index (χ3v) is 5.32. The molecule has 2 heterocycles. The molecule has 0 fully saturated rings. The van der Waals surface area contributed by atoms with Crippen LogP contribution in [-0.2, 0) is 20.5 Å². The molecule has 0 saturated heterocycles. The van der Waals surface area contributed by atoms with Gasteiger partial charge in [-0.2, -0.15) is 0 Å². The number of carbonyl (C=O) groups excluding carboxylic acids is 1. The average molecular weight is 379 g/mol. The van der Waals surface area contributed by atoms with Gasteiger partial charge in [0.15, 0.2) is 0 Å². The van der Waals surface area contributed by atoms with E-state index in [-0.39, 0.29) is 23.3 Å². The van der Waals surface area contributed by atoms with Gasteiger partial charge in [-0.3, -0.25) is 18.7 Å². The van der Waals surface area contributed by atoms with E-state index in [9.17, 15) is 14.4 Å². The summed E-state index contributed by atoms with van der Waals surface area (Å²) in [5.74, 6) is -0.343. The van der Waals surface area contributed by atoms with Crippen molar-refractivity contribution in [2.45, 2.75) is 25.3 Å². The number of aromatic nitrogens is 3. The Kier molecular flexibility index (Phi) is 4.26. The number of anilines is 1. The van der Waals surface area contributed by atoms with Crippen molar-refractivity contribution in [1.29, 1.82) is 0 Å². The highest BCUT2D eigenvalue weighted by molar-refractivity contribution is 5.94. The van der Waals surface area contributed by atoms with Crippen molar-refractivity contribution in [2.24, 2.45) is 14.1 Å². The highest BCUT2D eigenvalue weighted by Crippen LogP contribution is 2.31. The molecule has 2 aromatic heterocycles. The molecule has 0 bridgehead atoms. The second-order valence-electron chi connectivity index (χ2n) is 7.15. The Labute approximate surface area is 160 Å². The fourth-order valence-corrected chi connectivity index (χ4v) is 3.80. The Bertz CT molecular complexity index is 1220. The Hall–Kier alpha value is -3.42. The van der Waals surface area contributed by atoms with E-state index in [1.54, 1.807) is 0 Å². The first-order valence-corrected chi connectivity index (χ1v) is 9.12. The molecule has 1 aliphatic rings. The van der Waals surface area contributed by atoms with Gasteiger partial charge in [0.2, 0.25) is 0 Å². The number of hydrogen-bond donors (Lipinski definition) is 2. The smallest absolute Gasteiger partial charge is 0.332 e. The average Bonchev–Trinajstić information content (AvgIpc) is 2.70. The summed E-state index contributed by atoms with van der Waals surface area (Å²) in [4.78, 5) is 41.5. The van der Waals surface area contributed by atoms with E-state index in [1.165, 1.54) is 30.8 Å². The zero-order valence-corrected chi connectivity index (χ0v) is 15.7. The fourth-order valence-electron chi connectivity index (χ4n) is 3.80. The van der Waals surface area contributed by atoms with Gasteiger partial charge < -0.3 is 11.1 Å². The maximum Gasteiger partial charge on any atom is 0.332 e. The molecule has 1 unspecified atom stereocenters. The van der Waals surface area contributed by atoms with Gasteiger partial charge in [0.1, 0.15) is 11.3 Å². The molecule has 144 valence electrons. The van der Waals surface area contributed by atoms with Crippen LogP contribution in [0.4, 0.5) is 5.69 Å². The summed E-state index contributed by atoms with van der Waals surface area (Å²) >= 11 is 0. The molecule has 3 N–H and O–H groups in total. The molecule has 8 heteroatoms. The van der Waals surface area contributed by atoms with E-state index < -0.39 is 11.2 Å². The Morgan fingerprint density at radius 3 is 2.75 bits per heavy atom. The van der Waals surface area contributed by atoms with E-state index in [2.05, 4.69) is 10.3 Å². The second kappa shape index (κ2) is 6.63. The van der Waals surface area contributed by atoms with E-state index >= 15 is 0 Å². The van der Waals surface area contributed by atoms with Crippen LogP contribution in [0.2, 0.25) is 0 Å². The topological polar surface area (TPSA) is 112 Å². The summed E-state index contributed by atoms with van der Waals surface area (Å²) in [6.07, 6.45) is 2.72. The fraction of sp³-hybridized carbons (Fsp3) is 0.300. The predicted molar refractivity (Wildman–Crippen MR) is 106 cm³/mol. The van der Waals surface area contributed by atoms with Crippen LogP contribution in [0.15, 0.2) is 39.9 Å². The van der Waals surface area contributed by atoms with Gasteiger partial charge in [0.05, 0.1) is 11.4 Å². The number of carbonyl (C=O) groups is 1. The largest absolute Gasteiger partial charge is 0.399 e. The Morgan fingerprint density at radius 2 is 1.96 bits per heavy atom. The van der Waals surface area contributed by atoms with Crippen LogP contribution in [0.25, 0.3) is 11.0 Å². The normalized spacial score (nSPS) is 16.0. The molecule has 4 rings (SSSR count). The van der Waals surface area contributed by atoms with Crippen LogP contribution in [0, 0.1) is 0 Å². The molecule has 1 atom stereocenters. The molecule has 0 spiro atoms. The third kappa shape index (κ3) is 2.87. The van der Waals surface area contributed by atoms with Crippen LogP contribution in [0.1, 0.15) is 40.5 Å². The molecular formula is C20H21N5O3. The molecule has 3 aromatic rings. The lowest BCUT2D eigenvalue weighted by Crippen LogP contribution is -2.37. The minimum absolute atomic E-state index is 0.123. The molecule has 0 saturated carbocycles. The quantitative estimate of drug-likeness (QED) is 0.646. The van der Waals surface area contributed by atoms with Gasteiger partial charge in [0, 0.05) is 19.8 Å². The minimum atomic E-state index is -0.485. The van der Waals surface area contributed by atoms with Crippen molar-refractivity contribution >= 4 is 22.6 Å². The van der Waals surface area contributed by atoms with Crippen LogP contribution in [-0.4, -0.2) is 20.0 Å². The zero-order chi connectivity index (χ0) is 20.0. The monoisotopic (exact) mass is 379 g/mol. The van der Waals surface area contributed by atoms with Crippen LogP contribution < -0.4 is 22.3 Å². The number of pyridine rings is 1. The highest BCUT2D eigenvalue weighted by atomic mass is 16.2. The van der Waals surface area contributed by atoms with Crippen LogP contribution in [0.5, 0.6) is 0 Å². The predicted octanol–water partition coefficient (Wildman–Crippen LogP) is 1.02. The number of amides is 1. The van der Waals surface area contributed by atoms with Crippen molar-refractivity contribution in [3.05, 3.63) is 68.0 Å². The molecule has 1 amide bonds. The number of rotatable bonds is 2. The number of nitrogens with two attached hydrogens (primary N) is 1. The van der Waals surface area contributed by atoms with Crippen molar-refractivity contribution in [3.8, 4) is 0 Å². The molecule has 0 aliphatic heterocycles. The third-order valence-electron chi connectivity index (χ3n) is 5.32. The first-order chi connectivity index (χ1) is 13.4. The van der Waals surface area contributed by atoms with E-state index in [0.717, 1.165) is 35.0 Å². The molecular weight excluding hydrogens is 358 g/mol. The summed E-state index contributed by atoms with van der Waals surface area (Å²) in [7, 11) is 2.94. The number of nitrogens with zero attached hydrogens (tertiary/aromatic N) is 3. The van der Waals surface area contributed by atoms with E-state index in [1.807, 2.05) is 18.2 Å². The molecule has 1 aromatic carbocycles. The minimum Gasteiger partial charge on any atom is -0.399 e.